The zero-order valence-electron chi connectivity index (χ0n) is 14.8. The van der Waals surface area contributed by atoms with Crippen LogP contribution >= 0.6 is 23.4 Å². The van der Waals surface area contributed by atoms with Crippen molar-refractivity contribution in [2.75, 3.05) is 11.1 Å². The number of aromatic nitrogens is 3. The number of thioether (sulfide) groups is 1. The van der Waals surface area contributed by atoms with Crippen LogP contribution in [0.1, 0.15) is 12.2 Å². The van der Waals surface area contributed by atoms with Gasteiger partial charge in [0.2, 0.25) is 5.91 Å². The molecule has 0 saturated heterocycles. The van der Waals surface area contributed by atoms with Crippen LogP contribution in [0.15, 0.2) is 59.8 Å². The van der Waals surface area contributed by atoms with Crippen LogP contribution in [0.25, 0.3) is 0 Å². The standard InChI is InChI=1S/C19H19ClN4O2S/c1-24-17(13-26-16-9-7-14(20)8-10-16)22-23-19(24)27-12-11-18(25)21-15-5-3-2-4-6-15/h2-10H,11-13H2,1H3,(H,21,25). The number of hydrogen-bond donors (Lipinski definition) is 1. The Morgan fingerprint density at radius 3 is 2.63 bits per heavy atom. The second-order valence-corrected chi connectivity index (χ2v) is 7.21. The SMILES string of the molecule is Cn1c(COc2ccc(Cl)cc2)nnc1SCCC(=O)Nc1ccccc1. The summed E-state index contributed by atoms with van der Waals surface area (Å²) in [5.41, 5.74) is 0.799. The first-order chi connectivity index (χ1) is 13.1. The van der Waals surface area contributed by atoms with E-state index in [0.29, 0.717) is 35.4 Å². The lowest BCUT2D eigenvalue weighted by atomic mass is 10.3. The first kappa shape index (κ1) is 19.3. The zero-order valence-corrected chi connectivity index (χ0v) is 16.3. The van der Waals surface area contributed by atoms with Gasteiger partial charge in [0.25, 0.3) is 0 Å². The highest BCUT2D eigenvalue weighted by Crippen LogP contribution is 2.19. The molecular weight excluding hydrogens is 384 g/mol. The third-order valence-electron chi connectivity index (χ3n) is 3.72. The summed E-state index contributed by atoms with van der Waals surface area (Å²) in [4.78, 5) is 12.0. The number of amides is 1. The number of halogens is 1. The molecule has 0 fully saturated rings. The fourth-order valence-electron chi connectivity index (χ4n) is 2.26. The monoisotopic (exact) mass is 402 g/mol. The number of hydrogen-bond acceptors (Lipinski definition) is 5. The molecule has 2 aromatic carbocycles. The molecule has 0 unspecified atom stereocenters. The van der Waals surface area contributed by atoms with Crippen molar-refractivity contribution < 1.29 is 9.53 Å². The van der Waals surface area contributed by atoms with E-state index in [9.17, 15) is 4.79 Å². The van der Waals surface area contributed by atoms with Crippen LogP contribution in [-0.2, 0) is 18.4 Å². The van der Waals surface area contributed by atoms with Crippen molar-refractivity contribution in [2.24, 2.45) is 7.05 Å². The molecule has 0 spiro atoms. The third-order valence-corrected chi connectivity index (χ3v) is 5.00. The number of nitrogens with one attached hydrogen (secondary N) is 1. The highest BCUT2D eigenvalue weighted by molar-refractivity contribution is 7.99. The maximum atomic E-state index is 12.0. The largest absolute Gasteiger partial charge is 0.486 e. The number of ether oxygens (including phenoxy) is 1. The van der Waals surface area contributed by atoms with E-state index in [-0.39, 0.29) is 5.91 Å². The van der Waals surface area contributed by atoms with Gasteiger partial charge in [0.05, 0.1) is 0 Å². The minimum absolute atomic E-state index is 0.0258. The molecule has 1 N–H and O–H groups in total. The number of anilines is 1. The maximum Gasteiger partial charge on any atom is 0.225 e. The van der Waals surface area contributed by atoms with E-state index in [2.05, 4.69) is 15.5 Å². The quantitative estimate of drug-likeness (QED) is 0.573. The molecule has 0 aliphatic carbocycles. The summed E-state index contributed by atoms with van der Waals surface area (Å²) >= 11 is 7.35. The molecule has 6 nitrogen and oxygen atoms in total. The van der Waals surface area contributed by atoms with Crippen molar-refractivity contribution in [3.05, 3.63) is 65.4 Å². The predicted molar refractivity (Wildman–Crippen MR) is 107 cm³/mol. The van der Waals surface area contributed by atoms with Gasteiger partial charge in [-0.3, -0.25) is 4.79 Å². The number of rotatable bonds is 8. The van der Waals surface area contributed by atoms with E-state index in [0.717, 1.165) is 10.8 Å². The Hall–Kier alpha value is -2.51. The van der Waals surface area contributed by atoms with E-state index in [1.54, 1.807) is 24.3 Å². The Kier molecular flexibility index (Phi) is 6.73. The van der Waals surface area contributed by atoms with Crippen LogP contribution in [-0.4, -0.2) is 26.4 Å². The fourth-order valence-corrected chi connectivity index (χ4v) is 3.25. The topological polar surface area (TPSA) is 69.0 Å². The molecule has 1 aromatic heterocycles. The second kappa shape index (κ2) is 9.43. The number of para-hydroxylation sites is 1. The van der Waals surface area contributed by atoms with Gasteiger partial charge in [-0.25, -0.2) is 0 Å². The molecule has 0 aliphatic rings. The summed E-state index contributed by atoms with van der Waals surface area (Å²) < 4.78 is 7.57. The van der Waals surface area contributed by atoms with Gasteiger partial charge in [0.15, 0.2) is 11.0 Å². The molecule has 0 bridgehead atoms. The first-order valence-corrected chi connectivity index (χ1v) is 9.72. The van der Waals surface area contributed by atoms with Gasteiger partial charge in [0, 0.05) is 29.9 Å². The summed E-state index contributed by atoms with van der Waals surface area (Å²) in [6.45, 7) is 0.306. The molecule has 1 heterocycles. The van der Waals surface area contributed by atoms with Crippen LogP contribution in [0.4, 0.5) is 5.69 Å². The molecule has 3 rings (SSSR count). The molecular formula is C19H19ClN4O2S. The average Bonchev–Trinajstić information content (AvgIpc) is 3.02. The van der Waals surface area contributed by atoms with Crippen LogP contribution in [0, 0.1) is 0 Å². The fraction of sp³-hybridized carbons (Fsp3) is 0.211. The molecule has 1 amide bonds. The number of nitrogens with zero attached hydrogens (tertiary/aromatic N) is 3. The lowest BCUT2D eigenvalue weighted by Crippen LogP contribution is -2.12. The van der Waals surface area contributed by atoms with Gasteiger partial charge in [-0.1, -0.05) is 41.6 Å². The number of benzene rings is 2. The van der Waals surface area contributed by atoms with Crippen molar-refractivity contribution >= 4 is 35.0 Å². The normalized spacial score (nSPS) is 10.6. The lowest BCUT2D eigenvalue weighted by Gasteiger charge is -2.07. The minimum Gasteiger partial charge on any atom is -0.486 e. The smallest absolute Gasteiger partial charge is 0.225 e. The Bertz CT molecular complexity index is 884. The van der Waals surface area contributed by atoms with Crippen molar-refractivity contribution in [1.29, 1.82) is 0 Å². The molecule has 140 valence electrons. The van der Waals surface area contributed by atoms with Crippen molar-refractivity contribution in [3.63, 3.8) is 0 Å². The molecule has 27 heavy (non-hydrogen) atoms. The summed E-state index contributed by atoms with van der Waals surface area (Å²) in [7, 11) is 1.88. The maximum absolute atomic E-state index is 12.0. The van der Waals surface area contributed by atoms with Crippen molar-refractivity contribution in [3.8, 4) is 5.75 Å². The van der Waals surface area contributed by atoms with Gasteiger partial charge in [0.1, 0.15) is 12.4 Å². The van der Waals surface area contributed by atoms with E-state index >= 15 is 0 Å². The van der Waals surface area contributed by atoms with Crippen molar-refractivity contribution in [1.82, 2.24) is 14.8 Å². The zero-order chi connectivity index (χ0) is 19.1. The predicted octanol–water partition coefficient (Wildman–Crippen LogP) is 4.17. The molecule has 0 saturated carbocycles. The molecule has 3 aromatic rings. The molecule has 8 heteroatoms. The van der Waals surface area contributed by atoms with Crippen molar-refractivity contribution in [2.45, 2.75) is 18.2 Å². The minimum atomic E-state index is -0.0258. The van der Waals surface area contributed by atoms with E-state index in [1.807, 2.05) is 41.9 Å². The van der Waals surface area contributed by atoms with Crippen LogP contribution in [0.5, 0.6) is 5.75 Å². The summed E-state index contributed by atoms with van der Waals surface area (Å²) in [6.07, 6.45) is 0.392. The van der Waals surface area contributed by atoms with E-state index in [4.69, 9.17) is 16.3 Å². The molecule has 0 radical (unpaired) electrons. The third kappa shape index (κ3) is 5.74. The molecule has 0 aliphatic heterocycles. The van der Waals surface area contributed by atoms with Crippen LogP contribution in [0.3, 0.4) is 0 Å². The van der Waals surface area contributed by atoms with Gasteiger partial charge in [-0.05, 0) is 36.4 Å². The van der Waals surface area contributed by atoms with E-state index < -0.39 is 0 Å². The summed E-state index contributed by atoms with van der Waals surface area (Å²) in [5.74, 6) is 2.01. The highest BCUT2D eigenvalue weighted by atomic mass is 35.5. The Balaban J connectivity index is 1.45. The molecule has 0 atom stereocenters. The van der Waals surface area contributed by atoms with Gasteiger partial charge in [-0.15, -0.1) is 10.2 Å². The highest BCUT2D eigenvalue weighted by Gasteiger charge is 2.11. The average molecular weight is 403 g/mol. The van der Waals surface area contributed by atoms with Gasteiger partial charge in [-0.2, -0.15) is 0 Å². The Morgan fingerprint density at radius 1 is 1.15 bits per heavy atom. The Morgan fingerprint density at radius 2 is 1.89 bits per heavy atom. The number of carbonyl (C=O) groups excluding carboxylic acids is 1. The summed E-state index contributed by atoms with van der Waals surface area (Å²) in [5, 5.41) is 12.6. The first-order valence-electron chi connectivity index (χ1n) is 8.36. The lowest BCUT2D eigenvalue weighted by molar-refractivity contribution is -0.115. The van der Waals surface area contributed by atoms with Gasteiger partial charge < -0.3 is 14.6 Å². The van der Waals surface area contributed by atoms with Gasteiger partial charge >= 0.3 is 0 Å². The van der Waals surface area contributed by atoms with Crippen LogP contribution < -0.4 is 10.1 Å². The second-order valence-electron chi connectivity index (χ2n) is 5.71. The Labute approximate surface area is 166 Å². The number of carbonyl (C=O) groups is 1. The van der Waals surface area contributed by atoms with E-state index in [1.165, 1.54) is 11.8 Å². The summed E-state index contributed by atoms with van der Waals surface area (Å²) in [6, 6.07) is 16.6. The van der Waals surface area contributed by atoms with Crippen LogP contribution in [0.2, 0.25) is 5.02 Å².